The molecule has 118 valence electrons. The lowest BCUT2D eigenvalue weighted by molar-refractivity contribution is -0.142. The Kier molecular flexibility index (Phi) is 4.65. The second-order valence-corrected chi connectivity index (χ2v) is 5.38. The molecule has 1 aromatic rings. The molecule has 0 unspecified atom stereocenters. The van der Waals surface area contributed by atoms with Crippen molar-refractivity contribution < 1.29 is 19.5 Å². The highest BCUT2D eigenvalue weighted by Crippen LogP contribution is 2.15. The molecule has 0 bridgehead atoms. The van der Waals surface area contributed by atoms with Gasteiger partial charge in [0.05, 0.1) is 0 Å². The molecule has 1 aliphatic heterocycles. The number of urea groups is 1. The topological polar surface area (TPSA) is 90.0 Å². The van der Waals surface area contributed by atoms with Crippen LogP contribution < -0.4 is 5.32 Å². The van der Waals surface area contributed by atoms with Gasteiger partial charge in [0.2, 0.25) is 5.91 Å². The van der Waals surface area contributed by atoms with Gasteiger partial charge in [0, 0.05) is 20.1 Å². The fourth-order valence-corrected chi connectivity index (χ4v) is 2.37. The number of aryl methyl sites for hydroxylation is 1. The summed E-state index contributed by atoms with van der Waals surface area (Å²) in [6, 6.07) is 5.61. The van der Waals surface area contributed by atoms with Crippen molar-refractivity contribution in [3.8, 4) is 0 Å². The molecule has 1 aromatic carbocycles. The van der Waals surface area contributed by atoms with E-state index in [1.807, 2.05) is 13.0 Å². The van der Waals surface area contributed by atoms with Gasteiger partial charge in [-0.3, -0.25) is 4.79 Å². The van der Waals surface area contributed by atoms with Crippen LogP contribution in [-0.4, -0.2) is 59.5 Å². The van der Waals surface area contributed by atoms with Gasteiger partial charge in [-0.25, -0.2) is 9.59 Å². The molecule has 0 radical (unpaired) electrons. The number of nitrogens with one attached hydrogen (secondary N) is 1. The number of benzene rings is 1. The summed E-state index contributed by atoms with van der Waals surface area (Å²) < 4.78 is 0. The maximum absolute atomic E-state index is 12.0. The Morgan fingerprint density at radius 2 is 2.09 bits per heavy atom. The Morgan fingerprint density at radius 3 is 2.64 bits per heavy atom. The first-order chi connectivity index (χ1) is 10.4. The van der Waals surface area contributed by atoms with Gasteiger partial charge in [-0.15, -0.1) is 0 Å². The largest absolute Gasteiger partial charge is 0.479 e. The zero-order chi connectivity index (χ0) is 16.3. The molecule has 2 N–H and O–H groups in total. The monoisotopic (exact) mass is 305 g/mol. The van der Waals surface area contributed by atoms with Crippen molar-refractivity contribution in [1.29, 1.82) is 0 Å². The fourth-order valence-electron chi connectivity index (χ4n) is 2.37. The number of aliphatic carboxylic acids is 1. The molecule has 7 nitrogen and oxygen atoms in total. The molecule has 7 heteroatoms. The lowest BCUT2D eigenvalue weighted by Crippen LogP contribution is -2.42. The second kappa shape index (κ2) is 6.46. The molecular formula is C15H19N3O4. The van der Waals surface area contributed by atoms with Gasteiger partial charge in [-0.1, -0.05) is 29.8 Å². The molecule has 1 heterocycles. The number of likely N-dealkylation sites (N-methyl/N-ethyl adjacent to an activating group) is 1. The molecular weight excluding hydrogens is 286 g/mol. The number of hydrogen-bond donors (Lipinski definition) is 2. The van der Waals surface area contributed by atoms with Crippen LogP contribution in [0, 0.1) is 6.92 Å². The number of rotatable bonds is 5. The fraction of sp³-hybridized carbons (Fsp3) is 0.400. The highest BCUT2D eigenvalue weighted by molar-refractivity contribution is 5.88. The Balaban J connectivity index is 2.04. The zero-order valence-electron chi connectivity index (χ0n) is 12.6. The summed E-state index contributed by atoms with van der Waals surface area (Å²) in [6.45, 7) is 2.74. The van der Waals surface area contributed by atoms with E-state index in [1.54, 1.807) is 25.2 Å². The summed E-state index contributed by atoms with van der Waals surface area (Å²) in [6.07, 6.45) is 0. The standard InChI is InChI=1S/C15H19N3O4/c1-10-4-3-5-11(8-10)13(14(20)21)16-12(19)9-18-7-6-17(2)15(18)22/h3-5,8,13H,6-7,9H2,1-2H3,(H,16,19)(H,20,21)/t13-/m0/s1. The molecule has 0 spiro atoms. The highest BCUT2D eigenvalue weighted by Gasteiger charge is 2.29. The number of amides is 3. The first-order valence-corrected chi connectivity index (χ1v) is 6.97. The van der Waals surface area contributed by atoms with Crippen LogP contribution in [-0.2, 0) is 9.59 Å². The van der Waals surface area contributed by atoms with Crippen LogP contribution in [0.3, 0.4) is 0 Å². The molecule has 1 fully saturated rings. The predicted octanol–water partition coefficient (Wildman–Crippen LogP) is 0.604. The van der Waals surface area contributed by atoms with E-state index in [1.165, 1.54) is 9.80 Å². The number of nitrogens with zero attached hydrogens (tertiary/aromatic N) is 2. The van der Waals surface area contributed by atoms with Crippen LogP contribution in [0.15, 0.2) is 24.3 Å². The van der Waals surface area contributed by atoms with Gasteiger partial charge in [-0.05, 0) is 12.5 Å². The van der Waals surface area contributed by atoms with E-state index in [0.717, 1.165) is 5.56 Å². The van der Waals surface area contributed by atoms with Crippen LogP contribution in [0.25, 0.3) is 0 Å². The van der Waals surface area contributed by atoms with Gasteiger partial charge in [0.1, 0.15) is 6.54 Å². The maximum atomic E-state index is 12.0. The summed E-state index contributed by atoms with van der Waals surface area (Å²) in [4.78, 5) is 38.1. The quantitative estimate of drug-likeness (QED) is 0.834. The van der Waals surface area contributed by atoms with Gasteiger partial charge in [0.15, 0.2) is 6.04 Å². The number of carbonyl (C=O) groups excluding carboxylic acids is 2. The van der Waals surface area contributed by atoms with E-state index >= 15 is 0 Å². The summed E-state index contributed by atoms with van der Waals surface area (Å²) in [5, 5.41) is 11.8. The molecule has 0 aliphatic carbocycles. The predicted molar refractivity (Wildman–Crippen MR) is 79.3 cm³/mol. The molecule has 22 heavy (non-hydrogen) atoms. The van der Waals surface area contributed by atoms with E-state index < -0.39 is 17.9 Å². The molecule has 3 amide bonds. The minimum atomic E-state index is -1.14. The third kappa shape index (κ3) is 3.55. The molecule has 1 aliphatic rings. The normalized spacial score (nSPS) is 15.8. The summed E-state index contributed by atoms with van der Waals surface area (Å²) >= 11 is 0. The van der Waals surface area contributed by atoms with Crippen molar-refractivity contribution in [1.82, 2.24) is 15.1 Å². The molecule has 1 atom stereocenters. The van der Waals surface area contributed by atoms with Crippen molar-refractivity contribution in [3.63, 3.8) is 0 Å². The average Bonchev–Trinajstić information content (AvgIpc) is 2.76. The Bertz CT molecular complexity index is 602. The van der Waals surface area contributed by atoms with Gasteiger partial charge in [-0.2, -0.15) is 0 Å². The summed E-state index contributed by atoms with van der Waals surface area (Å²) in [7, 11) is 1.66. The first-order valence-electron chi connectivity index (χ1n) is 6.97. The van der Waals surface area contributed by atoms with E-state index in [2.05, 4.69) is 5.32 Å². The van der Waals surface area contributed by atoms with Gasteiger partial charge >= 0.3 is 12.0 Å². The summed E-state index contributed by atoms with van der Waals surface area (Å²) in [5.74, 6) is -1.62. The summed E-state index contributed by atoms with van der Waals surface area (Å²) in [5.41, 5.74) is 1.42. The van der Waals surface area contributed by atoms with Crippen molar-refractivity contribution >= 4 is 17.9 Å². The van der Waals surface area contributed by atoms with Gasteiger partial charge in [0.25, 0.3) is 0 Å². The van der Waals surface area contributed by atoms with Crippen molar-refractivity contribution in [2.75, 3.05) is 26.7 Å². The van der Waals surface area contributed by atoms with Gasteiger partial charge < -0.3 is 20.2 Å². The third-order valence-corrected chi connectivity index (χ3v) is 3.56. The van der Waals surface area contributed by atoms with Crippen molar-refractivity contribution in [2.24, 2.45) is 0 Å². The van der Waals surface area contributed by atoms with Crippen molar-refractivity contribution in [2.45, 2.75) is 13.0 Å². The molecule has 1 saturated heterocycles. The SMILES string of the molecule is Cc1cccc([C@H](NC(=O)CN2CCN(C)C2=O)C(=O)O)c1. The molecule has 0 saturated carbocycles. The Labute approximate surface area is 128 Å². The first kappa shape index (κ1) is 15.8. The van der Waals surface area contributed by atoms with Crippen LogP contribution in [0.5, 0.6) is 0 Å². The maximum Gasteiger partial charge on any atom is 0.330 e. The van der Waals surface area contributed by atoms with Crippen LogP contribution >= 0.6 is 0 Å². The number of carboxylic acid groups (broad SMARTS) is 1. The second-order valence-electron chi connectivity index (χ2n) is 5.38. The minimum Gasteiger partial charge on any atom is -0.479 e. The lowest BCUT2D eigenvalue weighted by atomic mass is 10.0. The van der Waals surface area contributed by atoms with E-state index in [9.17, 15) is 19.5 Å². The average molecular weight is 305 g/mol. The van der Waals surface area contributed by atoms with E-state index in [-0.39, 0.29) is 12.6 Å². The molecule has 0 aromatic heterocycles. The third-order valence-electron chi connectivity index (χ3n) is 3.56. The van der Waals surface area contributed by atoms with E-state index in [4.69, 9.17) is 0 Å². The zero-order valence-corrected chi connectivity index (χ0v) is 12.6. The smallest absolute Gasteiger partial charge is 0.330 e. The van der Waals surface area contributed by atoms with Crippen LogP contribution in [0.4, 0.5) is 4.79 Å². The molecule has 2 rings (SSSR count). The van der Waals surface area contributed by atoms with E-state index in [0.29, 0.717) is 18.7 Å². The number of carbonyl (C=O) groups is 3. The highest BCUT2D eigenvalue weighted by atomic mass is 16.4. The number of carboxylic acids is 1. The van der Waals surface area contributed by atoms with Crippen LogP contribution in [0.1, 0.15) is 17.2 Å². The Hall–Kier alpha value is -2.57. The number of hydrogen-bond acceptors (Lipinski definition) is 3. The minimum absolute atomic E-state index is 0.140. The van der Waals surface area contributed by atoms with Crippen LogP contribution in [0.2, 0.25) is 0 Å². The lowest BCUT2D eigenvalue weighted by Gasteiger charge is -2.19. The Morgan fingerprint density at radius 1 is 1.36 bits per heavy atom. The van der Waals surface area contributed by atoms with Crippen molar-refractivity contribution in [3.05, 3.63) is 35.4 Å².